The minimum absolute atomic E-state index is 0.0125. The second-order valence-electron chi connectivity index (χ2n) is 25.8. The van der Waals surface area contributed by atoms with Crippen molar-refractivity contribution < 1.29 is 57.6 Å². The molecule has 25 nitrogen and oxygen atoms in total. The normalized spacial score (nSPS) is 12.0. The van der Waals surface area contributed by atoms with Crippen LogP contribution in [0, 0.1) is 9.67 Å². The van der Waals surface area contributed by atoms with Gasteiger partial charge in [0.1, 0.15) is 20.0 Å². The van der Waals surface area contributed by atoms with Gasteiger partial charge in [-0.3, -0.25) is 17.2 Å². The number of amidine groups is 2. The highest BCUT2D eigenvalue weighted by Gasteiger charge is 2.32. The van der Waals surface area contributed by atoms with Crippen LogP contribution in [0.2, 0.25) is 0 Å². The number of H-pyrrole nitrogens is 2. The number of unbranched alkanes of at least 4 members (excludes halogenated alkanes) is 4. The van der Waals surface area contributed by atoms with Crippen LogP contribution < -0.4 is 28.7 Å². The van der Waals surface area contributed by atoms with Crippen molar-refractivity contribution in [3.8, 4) is 22.8 Å². The number of nitrogens with zero attached hydrogens (tertiary/aromatic N) is 8. The van der Waals surface area contributed by atoms with Gasteiger partial charge in [-0.2, -0.15) is 9.97 Å². The van der Waals surface area contributed by atoms with E-state index in [0.717, 1.165) is 101 Å². The molecule has 8 aromatic carbocycles. The lowest BCUT2D eigenvalue weighted by Crippen LogP contribution is -2.31. The zero-order valence-corrected chi connectivity index (χ0v) is 73.0. The Labute approximate surface area is 706 Å². The molecule has 0 saturated carbocycles. The number of rotatable bonds is 29. The van der Waals surface area contributed by atoms with Gasteiger partial charge < -0.3 is 30.6 Å². The molecule has 0 aliphatic rings. The Hall–Kier alpha value is -9.99. The van der Waals surface area contributed by atoms with E-state index in [4.69, 9.17) is 50.2 Å². The monoisotopic (exact) mass is 1820 g/mol. The molecular formula is C80H81BrN12O13S10. The van der Waals surface area contributed by atoms with Gasteiger partial charge in [0.05, 0.1) is 24.1 Å². The van der Waals surface area contributed by atoms with E-state index >= 15 is 0 Å². The summed E-state index contributed by atoms with van der Waals surface area (Å²) in [7, 11) is -14.9. The van der Waals surface area contributed by atoms with Crippen LogP contribution in [0.15, 0.2) is 256 Å². The highest BCUT2D eigenvalue weighted by atomic mass is 79.9. The van der Waals surface area contributed by atoms with E-state index in [2.05, 4.69) is 51.4 Å². The summed E-state index contributed by atoms with van der Waals surface area (Å²) in [5, 5.41) is 27.3. The van der Waals surface area contributed by atoms with E-state index in [1.54, 1.807) is 48.5 Å². The Morgan fingerprint density at radius 2 is 0.784 bits per heavy atom. The minimum Gasteiger partial charge on any atom is -0.409 e. The first-order valence-corrected chi connectivity index (χ1v) is 47.1. The number of anilines is 4. The first kappa shape index (κ1) is 86.9. The predicted octanol–water partition coefficient (Wildman–Crippen LogP) is 20.1. The van der Waals surface area contributed by atoms with E-state index in [1.165, 1.54) is 118 Å². The Kier molecular flexibility index (Phi) is 29.4. The quantitative estimate of drug-likeness (QED) is 0.00726. The van der Waals surface area contributed by atoms with E-state index in [0.29, 0.717) is 75.1 Å². The van der Waals surface area contributed by atoms with Crippen LogP contribution in [0.3, 0.4) is 0 Å². The third kappa shape index (κ3) is 20.7. The third-order valence-electron chi connectivity index (χ3n) is 17.7. The number of hydrogen-bond acceptors (Lipinski definition) is 23. The van der Waals surface area contributed by atoms with Crippen LogP contribution in [0.1, 0.15) is 97.1 Å². The fraction of sp³-hybridized carbons (Fsp3) is 0.212. The lowest BCUT2D eigenvalue weighted by atomic mass is 10.2. The van der Waals surface area contributed by atoms with Gasteiger partial charge in [-0.1, -0.05) is 136 Å². The molecule has 0 bridgehead atoms. The molecule has 0 atom stereocenters. The molecular weight excluding hydrogens is 1740 g/mol. The number of oxime groups is 2. The highest BCUT2D eigenvalue weighted by molar-refractivity contribution is 9.11. The number of aromatic nitrogens is 4. The fourth-order valence-corrected chi connectivity index (χ4v) is 24.2. The van der Waals surface area contributed by atoms with Crippen molar-refractivity contribution in [3.05, 3.63) is 238 Å². The summed E-state index contributed by atoms with van der Waals surface area (Å²) in [4.78, 5) is 24.5. The Morgan fingerprint density at radius 3 is 1.10 bits per heavy atom. The van der Waals surface area contributed by atoms with Crippen molar-refractivity contribution in [2.45, 2.75) is 106 Å². The lowest BCUT2D eigenvalue weighted by molar-refractivity contribution is -0.140. The summed E-state index contributed by atoms with van der Waals surface area (Å²) in [6.07, 6.45) is 6.59. The number of benzene rings is 8. The molecule has 0 spiro atoms. The standard InChI is InChI=1S/C21H23N3O4S2.C20H18BrN3O3S3.C20H19N3O3S3.C19H21N3O3S2/c1-3-4-13-24(20-14-17-7-5-6-8-19(17)29-20)30(26,27)18-11-9-16(10-12-18)21(22)23-28-15(2)25;1-2-3-12-24(19-17(21)15-6-4-5-7-16(15)29-19)30(25,26)14-10-8-13(9-11-14)18-22-20(28)27-23-18;1-2-3-12-23(18-13-15-6-4-5-7-17(15)28-18)29(24,25)16-10-8-14(9-11-16)19-21-20(27)26-22-19;1-2-3-12-22(18-13-15-6-4-5-7-17(15)26-18)27(24,25)16-10-8-14(9-11-16)19(20)21-23/h5-12,14H,3-4,13H2,1-2H3,(H2,22,23);4-11H,2-3,12H2,1H3,(H,22,23,28);4-11,13H,2-3,12H2,1H3,(H,21,22,27);4-11,13,23H,2-3,12H2,1H3,(H2,20,21). The molecule has 0 amide bonds. The van der Waals surface area contributed by atoms with Gasteiger partial charge in [-0.25, -0.2) is 48.8 Å². The zero-order chi connectivity index (χ0) is 82.9. The maximum Gasteiger partial charge on any atom is 0.332 e. The minimum atomic E-state index is -3.76. The summed E-state index contributed by atoms with van der Waals surface area (Å²) in [6, 6.07) is 62.4. The van der Waals surface area contributed by atoms with Crippen molar-refractivity contribution in [1.29, 1.82) is 0 Å². The zero-order valence-electron chi connectivity index (χ0n) is 63.2. The van der Waals surface area contributed by atoms with Crippen LogP contribution in [-0.2, 0) is 49.7 Å². The molecule has 0 aliphatic carbocycles. The molecule has 0 aliphatic heterocycles. The van der Waals surface area contributed by atoms with Gasteiger partial charge in [-0.15, -0.1) is 45.3 Å². The number of hydrogen-bond donors (Lipinski definition) is 5. The Morgan fingerprint density at radius 1 is 0.466 bits per heavy atom. The number of sulfonamides is 4. The molecule has 0 fully saturated rings. The number of carbonyl (C=O) groups is 1. The van der Waals surface area contributed by atoms with Crippen molar-refractivity contribution in [1.82, 2.24) is 20.3 Å². The van der Waals surface area contributed by atoms with E-state index in [1.807, 2.05) is 143 Å². The molecule has 116 heavy (non-hydrogen) atoms. The first-order valence-electron chi connectivity index (χ1n) is 36.5. The van der Waals surface area contributed by atoms with Gasteiger partial charge >= 0.3 is 15.6 Å². The number of carbonyl (C=O) groups excluding carboxylic acids is 1. The molecule has 606 valence electrons. The number of halogens is 1. The van der Waals surface area contributed by atoms with Crippen molar-refractivity contribution in [3.63, 3.8) is 0 Å². The number of fused-ring (bicyclic) bond motifs is 4. The van der Waals surface area contributed by atoms with Gasteiger partial charge in [0, 0.05) is 79.5 Å². The van der Waals surface area contributed by atoms with E-state index in [9.17, 15) is 38.5 Å². The van der Waals surface area contributed by atoms with E-state index in [-0.39, 0.29) is 40.9 Å². The average molecular weight is 1820 g/mol. The fourth-order valence-electron chi connectivity index (χ4n) is 11.6. The maximum atomic E-state index is 13.6. The molecule has 6 aromatic heterocycles. The smallest absolute Gasteiger partial charge is 0.332 e. The highest BCUT2D eigenvalue weighted by Crippen LogP contribution is 2.45. The van der Waals surface area contributed by atoms with Crippen LogP contribution in [0.25, 0.3) is 63.1 Å². The number of thiophene rings is 4. The van der Waals surface area contributed by atoms with E-state index < -0.39 is 46.1 Å². The molecule has 36 heteroatoms. The number of nitrogens with one attached hydrogen (secondary N) is 2. The summed E-state index contributed by atoms with van der Waals surface area (Å²) >= 11 is 19.2. The van der Waals surface area contributed by atoms with Crippen LogP contribution in [0.5, 0.6) is 0 Å². The van der Waals surface area contributed by atoms with Gasteiger partial charge in [0.15, 0.2) is 23.3 Å². The predicted molar refractivity (Wildman–Crippen MR) is 475 cm³/mol. The van der Waals surface area contributed by atoms with Gasteiger partial charge in [0.2, 0.25) is 0 Å². The number of aromatic amines is 2. The summed E-state index contributed by atoms with van der Waals surface area (Å²) in [5.74, 6) is 0.255. The first-order chi connectivity index (χ1) is 55.7. The molecule has 0 unspecified atom stereocenters. The topological polar surface area (TPSA) is 356 Å². The second-order valence-corrected chi connectivity index (χ2v) is 39.0. The SMILES string of the molecule is CCCCN(c1cc2ccccc2s1)S(=O)(=O)c1ccc(-c2nc(=S)o[nH]2)cc1.CCCCN(c1cc2ccccc2s1)S(=O)(=O)c1ccc(/C(N)=N/O)cc1.CCCCN(c1cc2ccccc2s1)S(=O)(=O)c1ccc(/C(N)=N/OC(C)=O)cc1.CCCCN(c1sc2ccccc2c1Br)S(=O)(=O)c1ccc(-c2nc(=S)o[nH]2)cc1. The molecule has 0 saturated heterocycles. The average Bonchev–Trinajstić information content (AvgIpc) is 1.62. The second kappa shape index (κ2) is 39.3. The van der Waals surface area contributed by atoms with Crippen molar-refractivity contribution in [2.75, 3.05) is 43.4 Å². The van der Waals surface area contributed by atoms with Crippen molar-refractivity contribution in [2.24, 2.45) is 21.8 Å². The Balaban J connectivity index is 0.000000152. The summed E-state index contributed by atoms with van der Waals surface area (Å²) in [6.45, 7) is 11.0. The third-order valence-corrected chi connectivity index (χ3v) is 31.5. The van der Waals surface area contributed by atoms with Gasteiger partial charge in [0.25, 0.3) is 40.1 Å². The Bertz CT molecular complexity index is 6300. The molecule has 14 rings (SSSR count). The molecule has 14 aromatic rings. The molecule has 0 radical (unpaired) electrons. The largest absolute Gasteiger partial charge is 0.409 e. The van der Waals surface area contributed by atoms with Crippen LogP contribution >= 0.6 is 85.7 Å². The van der Waals surface area contributed by atoms with Crippen molar-refractivity contribution >= 4 is 204 Å². The summed E-state index contributed by atoms with van der Waals surface area (Å²) < 4.78 is 128. The number of nitrogens with two attached hydrogens (primary N) is 2. The van der Waals surface area contributed by atoms with Gasteiger partial charge in [-0.05, 0) is 222 Å². The summed E-state index contributed by atoms with van der Waals surface area (Å²) in [5.41, 5.74) is 13.6. The molecule has 7 N–H and O–H groups in total. The van der Waals surface area contributed by atoms with Crippen LogP contribution in [0.4, 0.5) is 20.0 Å². The lowest BCUT2D eigenvalue weighted by Gasteiger charge is -2.23. The maximum absolute atomic E-state index is 13.6. The molecule has 6 heterocycles. The van der Waals surface area contributed by atoms with Crippen LogP contribution in [-0.4, -0.2) is 103 Å².